The summed E-state index contributed by atoms with van der Waals surface area (Å²) in [4.78, 5) is 23.8. The third-order valence-corrected chi connectivity index (χ3v) is 4.00. The zero-order valence-corrected chi connectivity index (χ0v) is 14.6. The molecule has 0 radical (unpaired) electrons. The van der Waals surface area contributed by atoms with Crippen LogP contribution in [0.5, 0.6) is 11.5 Å². The van der Waals surface area contributed by atoms with Crippen molar-refractivity contribution in [1.29, 1.82) is 0 Å². The molecule has 0 fully saturated rings. The molecule has 0 amide bonds. The Hall–Kier alpha value is -3.40. The van der Waals surface area contributed by atoms with Gasteiger partial charge in [-0.3, -0.25) is 4.79 Å². The fourth-order valence-corrected chi connectivity index (χ4v) is 2.57. The van der Waals surface area contributed by atoms with Gasteiger partial charge in [0, 0.05) is 11.1 Å². The highest BCUT2D eigenvalue weighted by Crippen LogP contribution is 2.34. The minimum absolute atomic E-state index is 0.0496. The van der Waals surface area contributed by atoms with Crippen LogP contribution >= 0.6 is 0 Å². The standard InChI is InChI=1S/C22H18O4/c1-15(23)16-8-10-18(11-9-16)22(24)26-21-13-12-19(25-2)14-20(21)17-6-4-3-5-7-17/h3-14H,1-2H3. The van der Waals surface area contributed by atoms with Gasteiger partial charge in [-0.1, -0.05) is 42.5 Å². The number of ether oxygens (including phenoxy) is 2. The molecule has 26 heavy (non-hydrogen) atoms. The summed E-state index contributed by atoms with van der Waals surface area (Å²) >= 11 is 0. The number of carbonyl (C=O) groups is 2. The molecule has 0 bridgehead atoms. The van der Waals surface area contributed by atoms with Crippen molar-refractivity contribution in [3.63, 3.8) is 0 Å². The van der Waals surface area contributed by atoms with Crippen LogP contribution in [-0.4, -0.2) is 18.9 Å². The van der Waals surface area contributed by atoms with Gasteiger partial charge in [-0.25, -0.2) is 4.79 Å². The predicted octanol–water partition coefficient (Wildman–Crippen LogP) is 4.78. The van der Waals surface area contributed by atoms with Crippen molar-refractivity contribution in [2.45, 2.75) is 6.92 Å². The van der Waals surface area contributed by atoms with Crippen molar-refractivity contribution in [3.05, 3.63) is 83.9 Å². The van der Waals surface area contributed by atoms with Crippen LogP contribution in [-0.2, 0) is 0 Å². The Kier molecular flexibility index (Phi) is 5.13. The molecule has 3 aromatic rings. The maximum Gasteiger partial charge on any atom is 0.343 e. The van der Waals surface area contributed by atoms with E-state index < -0.39 is 5.97 Å². The van der Waals surface area contributed by atoms with Gasteiger partial charge >= 0.3 is 5.97 Å². The molecule has 0 saturated carbocycles. The maximum atomic E-state index is 12.5. The summed E-state index contributed by atoms with van der Waals surface area (Å²) in [5.74, 6) is 0.584. The number of hydrogen-bond acceptors (Lipinski definition) is 4. The molecule has 130 valence electrons. The summed E-state index contributed by atoms with van der Waals surface area (Å²) < 4.78 is 10.9. The molecular formula is C22H18O4. The Bertz CT molecular complexity index is 928. The number of benzene rings is 3. The van der Waals surface area contributed by atoms with Gasteiger partial charge in [-0.2, -0.15) is 0 Å². The molecule has 0 heterocycles. The monoisotopic (exact) mass is 346 g/mol. The predicted molar refractivity (Wildman–Crippen MR) is 99.8 cm³/mol. The zero-order chi connectivity index (χ0) is 18.5. The molecule has 0 unspecified atom stereocenters. The van der Waals surface area contributed by atoms with E-state index >= 15 is 0 Å². The third-order valence-electron chi connectivity index (χ3n) is 4.00. The molecule has 4 heteroatoms. The normalized spacial score (nSPS) is 10.2. The van der Waals surface area contributed by atoms with Crippen LogP contribution in [0.4, 0.5) is 0 Å². The van der Waals surface area contributed by atoms with E-state index in [1.807, 2.05) is 36.4 Å². The average Bonchev–Trinajstić information content (AvgIpc) is 2.69. The molecule has 4 nitrogen and oxygen atoms in total. The summed E-state index contributed by atoms with van der Waals surface area (Å²) in [5.41, 5.74) is 2.61. The molecule has 0 aromatic heterocycles. The van der Waals surface area contributed by atoms with E-state index in [0.29, 0.717) is 22.6 Å². The lowest BCUT2D eigenvalue weighted by Crippen LogP contribution is -2.09. The van der Waals surface area contributed by atoms with E-state index in [1.54, 1.807) is 43.5 Å². The fraction of sp³-hybridized carbons (Fsp3) is 0.0909. The molecule has 3 rings (SSSR count). The largest absolute Gasteiger partial charge is 0.497 e. The summed E-state index contributed by atoms with van der Waals surface area (Å²) in [5, 5.41) is 0. The Balaban J connectivity index is 1.91. The minimum Gasteiger partial charge on any atom is -0.497 e. The van der Waals surface area contributed by atoms with E-state index in [1.165, 1.54) is 6.92 Å². The molecule has 3 aromatic carbocycles. The highest BCUT2D eigenvalue weighted by molar-refractivity contribution is 5.96. The lowest BCUT2D eigenvalue weighted by atomic mass is 10.0. The molecule has 0 saturated heterocycles. The van der Waals surface area contributed by atoms with Crippen LogP contribution in [0.15, 0.2) is 72.8 Å². The topological polar surface area (TPSA) is 52.6 Å². The van der Waals surface area contributed by atoms with Gasteiger partial charge in [0.2, 0.25) is 0 Å². The molecule has 0 aliphatic heterocycles. The number of methoxy groups -OCH3 is 1. The summed E-state index contributed by atoms with van der Waals surface area (Å²) in [6.45, 7) is 1.48. The van der Waals surface area contributed by atoms with Crippen molar-refractivity contribution in [2.24, 2.45) is 0 Å². The first-order valence-corrected chi connectivity index (χ1v) is 8.15. The highest BCUT2D eigenvalue weighted by atomic mass is 16.5. The number of carbonyl (C=O) groups excluding carboxylic acids is 2. The van der Waals surface area contributed by atoms with Gasteiger partial charge in [-0.05, 0) is 42.8 Å². The van der Waals surface area contributed by atoms with Gasteiger partial charge in [-0.15, -0.1) is 0 Å². The summed E-state index contributed by atoms with van der Waals surface area (Å²) in [7, 11) is 1.59. The van der Waals surface area contributed by atoms with Crippen LogP contribution in [0.25, 0.3) is 11.1 Å². The lowest BCUT2D eigenvalue weighted by molar-refractivity contribution is 0.0735. The average molecular weight is 346 g/mol. The molecular weight excluding hydrogens is 328 g/mol. The van der Waals surface area contributed by atoms with Gasteiger partial charge < -0.3 is 9.47 Å². The van der Waals surface area contributed by atoms with Gasteiger partial charge in [0.25, 0.3) is 0 Å². The Morgan fingerprint density at radius 2 is 1.46 bits per heavy atom. The van der Waals surface area contributed by atoms with Crippen LogP contribution in [0, 0.1) is 0 Å². The van der Waals surface area contributed by atoms with Crippen LogP contribution in [0.1, 0.15) is 27.6 Å². The number of hydrogen-bond donors (Lipinski definition) is 0. The van der Waals surface area contributed by atoms with Crippen molar-refractivity contribution in [1.82, 2.24) is 0 Å². The Morgan fingerprint density at radius 1 is 0.808 bits per heavy atom. The van der Waals surface area contributed by atoms with Gasteiger partial charge in [0.1, 0.15) is 11.5 Å². The SMILES string of the molecule is COc1ccc(OC(=O)c2ccc(C(C)=O)cc2)c(-c2ccccc2)c1. The van der Waals surface area contributed by atoms with Crippen molar-refractivity contribution < 1.29 is 19.1 Å². The first-order chi connectivity index (χ1) is 12.6. The smallest absolute Gasteiger partial charge is 0.343 e. The Morgan fingerprint density at radius 3 is 2.08 bits per heavy atom. The summed E-state index contributed by atoms with van der Waals surface area (Å²) in [6.07, 6.45) is 0. The van der Waals surface area contributed by atoms with Gasteiger partial charge in [0.05, 0.1) is 12.7 Å². The van der Waals surface area contributed by atoms with Crippen molar-refractivity contribution >= 4 is 11.8 Å². The van der Waals surface area contributed by atoms with Crippen molar-refractivity contribution in [3.8, 4) is 22.6 Å². The van der Waals surface area contributed by atoms with E-state index in [-0.39, 0.29) is 5.78 Å². The molecule has 0 aliphatic rings. The molecule has 0 spiro atoms. The quantitative estimate of drug-likeness (QED) is 0.379. The summed E-state index contributed by atoms with van der Waals surface area (Å²) in [6, 6.07) is 21.3. The highest BCUT2D eigenvalue weighted by Gasteiger charge is 2.14. The number of ketones is 1. The Labute approximate surface area is 152 Å². The van der Waals surface area contributed by atoms with Crippen LogP contribution in [0.3, 0.4) is 0 Å². The lowest BCUT2D eigenvalue weighted by Gasteiger charge is -2.12. The number of rotatable bonds is 5. The zero-order valence-electron chi connectivity index (χ0n) is 14.6. The van der Waals surface area contributed by atoms with E-state index in [4.69, 9.17) is 9.47 Å². The second kappa shape index (κ2) is 7.66. The maximum absolute atomic E-state index is 12.5. The van der Waals surface area contributed by atoms with E-state index in [0.717, 1.165) is 11.1 Å². The molecule has 0 atom stereocenters. The second-order valence-electron chi connectivity index (χ2n) is 5.75. The van der Waals surface area contributed by atoms with Gasteiger partial charge in [0.15, 0.2) is 5.78 Å². The van der Waals surface area contributed by atoms with Crippen LogP contribution in [0.2, 0.25) is 0 Å². The first-order valence-electron chi connectivity index (χ1n) is 8.15. The third kappa shape index (κ3) is 3.81. The van der Waals surface area contributed by atoms with Crippen LogP contribution < -0.4 is 9.47 Å². The number of Topliss-reactive ketones (excluding diaryl/α,β-unsaturated/α-hetero) is 1. The second-order valence-corrected chi connectivity index (χ2v) is 5.75. The van der Waals surface area contributed by atoms with E-state index in [2.05, 4.69) is 0 Å². The molecule has 0 aliphatic carbocycles. The first kappa shape index (κ1) is 17.4. The fourth-order valence-electron chi connectivity index (χ4n) is 2.57. The minimum atomic E-state index is -0.484. The number of esters is 1. The van der Waals surface area contributed by atoms with Crippen molar-refractivity contribution in [2.75, 3.05) is 7.11 Å². The van der Waals surface area contributed by atoms with E-state index in [9.17, 15) is 9.59 Å². The molecule has 0 N–H and O–H groups in total.